The van der Waals surface area contributed by atoms with E-state index in [4.69, 9.17) is 0 Å². The maximum atomic E-state index is 12.9. The molecule has 1 nitrogen and oxygen atoms in total. The fourth-order valence-corrected chi connectivity index (χ4v) is 3.10. The Bertz CT molecular complexity index is 539. The molecule has 0 spiro atoms. The fraction of sp³-hybridized carbons (Fsp3) is 0.294. The lowest BCUT2D eigenvalue weighted by atomic mass is 10.1. The second kappa shape index (κ2) is 7.46. The van der Waals surface area contributed by atoms with Crippen molar-refractivity contribution >= 4 is 11.8 Å². The number of likely N-dealkylation sites (N-methyl/N-ethyl adjacent to an activating group) is 1. The Morgan fingerprint density at radius 1 is 1.15 bits per heavy atom. The van der Waals surface area contributed by atoms with Crippen molar-refractivity contribution in [3.8, 4) is 0 Å². The standard InChI is InChI=1S/C17H20FNS/c1-13-4-3-5-14(10-13)11-16(19-2)12-20-17-8-6-15(18)7-9-17/h3-10,16,19H,11-12H2,1-2H3. The van der Waals surface area contributed by atoms with Gasteiger partial charge in [0.05, 0.1) is 0 Å². The van der Waals surface area contributed by atoms with Crippen molar-refractivity contribution in [3.05, 3.63) is 65.5 Å². The van der Waals surface area contributed by atoms with Crippen LogP contribution in [0, 0.1) is 12.7 Å². The van der Waals surface area contributed by atoms with Crippen LogP contribution in [0.1, 0.15) is 11.1 Å². The van der Waals surface area contributed by atoms with E-state index in [1.807, 2.05) is 19.2 Å². The number of thioether (sulfide) groups is 1. The molecule has 1 N–H and O–H groups in total. The second-order valence-corrected chi connectivity index (χ2v) is 6.04. The van der Waals surface area contributed by atoms with Gasteiger partial charge in [0, 0.05) is 16.7 Å². The van der Waals surface area contributed by atoms with Crippen LogP contribution in [0.5, 0.6) is 0 Å². The number of aryl methyl sites for hydroxylation is 1. The van der Waals surface area contributed by atoms with Crippen LogP contribution in [-0.4, -0.2) is 18.8 Å². The monoisotopic (exact) mass is 289 g/mol. The van der Waals surface area contributed by atoms with Crippen LogP contribution in [0.4, 0.5) is 4.39 Å². The summed E-state index contributed by atoms with van der Waals surface area (Å²) in [6, 6.07) is 15.7. The summed E-state index contributed by atoms with van der Waals surface area (Å²) in [5, 5.41) is 3.36. The van der Waals surface area contributed by atoms with Crippen molar-refractivity contribution in [2.24, 2.45) is 0 Å². The third-order valence-corrected chi connectivity index (χ3v) is 4.41. The molecule has 20 heavy (non-hydrogen) atoms. The van der Waals surface area contributed by atoms with E-state index >= 15 is 0 Å². The number of benzene rings is 2. The molecule has 2 aromatic carbocycles. The molecular weight excluding hydrogens is 269 g/mol. The third kappa shape index (κ3) is 4.66. The van der Waals surface area contributed by atoms with Crippen molar-refractivity contribution in [1.29, 1.82) is 0 Å². The second-order valence-electron chi connectivity index (χ2n) is 4.94. The Balaban J connectivity index is 1.90. The van der Waals surface area contributed by atoms with Crippen LogP contribution in [0.25, 0.3) is 0 Å². The highest BCUT2D eigenvalue weighted by molar-refractivity contribution is 7.99. The van der Waals surface area contributed by atoms with Crippen LogP contribution < -0.4 is 5.32 Å². The molecule has 0 radical (unpaired) electrons. The Kier molecular flexibility index (Phi) is 5.62. The molecule has 0 bridgehead atoms. The van der Waals surface area contributed by atoms with E-state index in [0.29, 0.717) is 6.04 Å². The summed E-state index contributed by atoms with van der Waals surface area (Å²) >= 11 is 1.76. The summed E-state index contributed by atoms with van der Waals surface area (Å²) in [5.41, 5.74) is 2.65. The summed E-state index contributed by atoms with van der Waals surface area (Å²) < 4.78 is 12.9. The largest absolute Gasteiger partial charge is 0.316 e. The summed E-state index contributed by atoms with van der Waals surface area (Å²) in [5.74, 6) is 0.787. The van der Waals surface area contributed by atoms with Gasteiger partial charge in [-0.05, 0) is 50.2 Å². The minimum absolute atomic E-state index is 0.181. The molecule has 3 heteroatoms. The van der Waals surface area contributed by atoms with Gasteiger partial charge in [0.2, 0.25) is 0 Å². The van der Waals surface area contributed by atoms with Gasteiger partial charge in [0.25, 0.3) is 0 Å². The van der Waals surface area contributed by atoms with Crippen LogP contribution >= 0.6 is 11.8 Å². The summed E-state index contributed by atoms with van der Waals surface area (Å²) in [6.07, 6.45) is 1.01. The lowest BCUT2D eigenvalue weighted by Gasteiger charge is -2.16. The van der Waals surface area contributed by atoms with E-state index in [2.05, 4.69) is 36.5 Å². The summed E-state index contributed by atoms with van der Waals surface area (Å²) in [6.45, 7) is 2.12. The fourth-order valence-electron chi connectivity index (χ4n) is 2.10. The zero-order valence-corrected chi connectivity index (χ0v) is 12.7. The predicted octanol–water partition coefficient (Wildman–Crippen LogP) is 4.06. The SMILES string of the molecule is CNC(CSc1ccc(F)cc1)Cc1cccc(C)c1. The van der Waals surface area contributed by atoms with Gasteiger partial charge in [-0.15, -0.1) is 11.8 Å². The molecular formula is C17H20FNS. The predicted molar refractivity (Wildman–Crippen MR) is 84.9 cm³/mol. The van der Waals surface area contributed by atoms with Crippen molar-refractivity contribution in [1.82, 2.24) is 5.32 Å². The normalized spacial score (nSPS) is 12.3. The first kappa shape index (κ1) is 15.1. The molecule has 0 heterocycles. The van der Waals surface area contributed by atoms with Gasteiger partial charge in [0.15, 0.2) is 0 Å². The van der Waals surface area contributed by atoms with Gasteiger partial charge in [-0.2, -0.15) is 0 Å². The number of rotatable bonds is 6. The Labute approximate surface area is 124 Å². The molecule has 0 aliphatic carbocycles. The number of halogens is 1. The van der Waals surface area contributed by atoms with Gasteiger partial charge in [0.1, 0.15) is 5.82 Å². The van der Waals surface area contributed by atoms with Gasteiger partial charge >= 0.3 is 0 Å². The van der Waals surface area contributed by atoms with Gasteiger partial charge < -0.3 is 5.32 Å². The maximum Gasteiger partial charge on any atom is 0.123 e. The van der Waals surface area contributed by atoms with Gasteiger partial charge in [-0.1, -0.05) is 29.8 Å². The quantitative estimate of drug-likeness (QED) is 0.805. The topological polar surface area (TPSA) is 12.0 Å². The zero-order valence-electron chi connectivity index (χ0n) is 11.9. The van der Waals surface area contributed by atoms with Crippen LogP contribution in [0.2, 0.25) is 0 Å². The molecule has 2 aromatic rings. The molecule has 1 unspecified atom stereocenters. The highest BCUT2D eigenvalue weighted by Gasteiger charge is 2.08. The molecule has 0 saturated carbocycles. The summed E-state index contributed by atoms with van der Waals surface area (Å²) in [4.78, 5) is 1.11. The lowest BCUT2D eigenvalue weighted by Crippen LogP contribution is -2.30. The average Bonchev–Trinajstić information content (AvgIpc) is 2.45. The Hall–Kier alpha value is -1.32. The first-order valence-electron chi connectivity index (χ1n) is 6.78. The van der Waals surface area contributed by atoms with E-state index in [1.54, 1.807) is 11.8 Å². The first-order chi connectivity index (χ1) is 9.67. The molecule has 106 valence electrons. The van der Waals surface area contributed by atoms with Crippen LogP contribution in [0.3, 0.4) is 0 Å². The zero-order chi connectivity index (χ0) is 14.4. The van der Waals surface area contributed by atoms with Gasteiger partial charge in [-0.25, -0.2) is 4.39 Å². The van der Waals surface area contributed by atoms with Crippen LogP contribution in [-0.2, 0) is 6.42 Å². The molecule has 0 aliphatic heterocycles. The van der Waals surface area contributed by atoms with E-state index < -0.39 is 0 Å². The Morgan fingerprint density at radius 3 is 2.55 bits per heavy atom. The van der Waals surface area contributed by atoms with Crippen molar-refractivity contribution < 1.29 is 4.39 Å². The third-order valence-electron chi connectivity index (χ3n) is 3.24. The minimum Gasteiger partial charge on any atom is -0.316 e. The highest BCUT2D eigenvalue weighted by Crippen LogP contribution is 2.20. The Morgan fingerprint density at radius 2 is 1.90 bits per heavy atom. The van der Waals surface area contributed by atoms with Crippen LogP contribution in [0.15, 0.2) is 53.4 Å². The van der Waals surface area contributed by atoms with Crippen molar-refractivity contribution in [2.75, 3.05) is 12.8 Å². The van der Waals surface area contributed by atoms with E-state index in [9.17, 15) is 4.39 Å². The van der Waals surface area contributed by atoms with E-state index in [0.717, 1.165) is 17.1 Å². The number of nitrogens with one attached hydrogen (secondary N) is 1. The molecule has 0 aliphatic rings. The van der Waals surface area contributed by atoms with E-state index in [-0.39, 0.29) is 5.82 Å². The smallest absolute Gasteiger partial charge is 0.123 e. The molecule has 2 rings (SSSR count). The maximum absolute atomic E-state index is 12.9. The molecule has 0 saturated heterocycles. The lowest BCUT2D eigenvalue weighted by molar-refractivity contribution is 0.616. The van der Waals surface area contributed by atoms with Crippen molar-refractivity contribution in [3.63, 3.8) is 0 Å². The van der Waals surface area contributed by atoms with Gasteiger partial charge in [-0.3, -0.25) is 0 Å². The summed E-state index contributed by atoms with van der Waals surface area (Å²) in [7, 11) is 1.99. The first-order valence-corrected chi connectivity index (χ1v) is 7.77. The average molecular weight is 289 g/mol. The van der Waals surface area contributed by atoms with Crippen molar-refractivity contribution in [2.45, 2.75) is 24.3 Å². The van der Waals surface area contributed by atoms with E-state index in [1.165, 1.54) is 23.3 Å². The minimum atomic E-state index is -0.181. The molecule has 0 fully saturated rings. The number of hydrogen-bond acceptors (Lipinski definition) is 2. The molecule has 1 atom stereocenters. The molecule has 0 aromatic heterocycles. The highest BCUT2D eigenvalue weighted by atomic mass is 32.2. The molecule has 0 amide bonds. The number of hydrogen-bond donors (Lipinski definition) is 1.